The molecule has 1 saturated carbocycles. The number of carbonyl (C=O) groups is 2. The first-order valence-electron chi connectivity index (χ1n) is 8.98. The fraction of sp³-hybridized carbons (Fsp3) is 0.722. The Labute approximate surface area is 148 Å². The summed E-state index contributed by atoms with van der Waals surface area (Å²) >= 11 is 1.43. The van der Waals surface area contributed by atoms with Crippen LogP contribution in [0.3, 0.4) is 0 Å². The number of esters is 1. The lowest BCUT2D eigenvalue weighted by molar-refractivity contribution is -0.135. The van der Waals surface area contributed by atoms with Gasteiger partial charge in [-0.15, -0.1) is 11.3 Å². The second-order valence-electron chi connectivity index (χ2n) is 6.39. The molecular weight excluding hydrogens is 324 g/mol. The Hall–Kier alpha value is -1.43. The third-order valence-corrected chi connectivity index (χ3v) is 5.42. The number of amides is 1. The minimum Gasteiger partial charge on any atom is -0.464 e. The number of rotatable bonds is 8. The summed E-state index contributed by atoms with van der Waals surface area (Å²) in [7, 11) is 1.35. The van der Waals surface area contributed by atoms with Crippen molar-refractivity contribution in [1.82, 2.24) is 9.88 Å². The minimum atomic E-state index is -0.420. The Bertz CT molecular complexity index is 538. The summed E-state index contributed by atoms with van der Waals surface area (Å²) in [4.78, 5) is 30.6. The number of hydrogen-bond donors (Lipinski definition) is 0. The fourth-order valence-corrected chi connectivity index (χ4v) is 3.97. The van der Waals surface area contributed by atoms with E-state index in [1.54, 1.807) is 5.38 Å². The summed E-state index contributed by atoms with van der Waals surface area (Å²) in [5.41, 5.74) is 0.333. The van der Waals surface area contributed by atoms with Gasteiger partial charge in [0.15, 0.2) is 5.69 Å². The van der Waals surface area contributed by atoms with Crippen LogP contribution in [-0.2, 0) is 16.1 Å². The zero-order valence-electron chi connectivity index (χ0n) is 14.8. The topological polar surface area (TPSA) is 59.5 Å². The molecule has 24 heavy (non-hydrogen) atoms. The monoisotopic (exact) mass is 352 g/mol. The third kappa shape index (κ3) is 5.30. The van der Waals surface area contributed by atoms with Crippen LogP contribution in [0.15, 0.2) is 5.38 Å². The van der Waals surface area contributed by atoms with E-state index in [1.165, 1.54) is 37.7 Å². The van der Waals surface area contributed by atoms with Crippen molar-refractivity contribution >= 4 is 23.2 Å². The van der Waals surface area contributed by atoms with Crippen LogP contribution in [0.25, 0.3) is 0 Å². The molecule has 1 amide bonds. The molecule has 134 valence electrons. The van der Waals surface area contributed by atoms with Crippen LogP contribution in [0.1, 0.15) is 80.2 Å². The van der Waals surface area contributed by atoms with Crippen molar-refractivity contribution in [3.05, 3.63) is 16.1 Å². The van der Waals surface area contributed by atoms with Crippen molar-refractivity contribution in [3.8, 4) is 0 Å². The Kier molecular flexibility index (Phi) is 7.69. The molecule has 0 aliphatic heterocycles. The second-order valence-corrected chi connectivity index (χ2v) is 7.33. The van der Waals surface area contributed by atoms with E-state index in [0.29, 0.717) is 24.7 Å². The lowest BCUT2D eigenvalue weighted by atomic mass is 9.94. The van der Waals surface area contributed by atoms with Crippen molar-refractivity contribution in [2.24, 2.45) is 0 Å². The number of carbonyl (C=O) groups excluding carboxylic acids is 2. The van der Waals surface area contributed by atoms with Crippen LogP contribution in [0.2, 0.25) is 0 Å². The highest BCUT2D eigenvalue weighted by Gasteiger charge is 2.26. The van der Waals surface area contributed by atoms with Gasteiger partial charge in [0.2, 0.25) is 5.91 Å². The molecule has 1 aliphatic carbocycles. The molecule has 6 heteroatoms. The Morgan fingerprint density at radius 3 is 2.71 bits per heavy atom. The van der Waals surface area contributed by atoms with Gasteiger partial charge in [0.1, 0.15) is 5.01 Å². The zero-order chi connectivity index (χ0) is 17.4. The predicted molar refractivity (Wildman–Crippen MR) is 95.0 cm³/mol. The molecular formula is C18H28N2O3S. The van der Waals surface area contributed by atoms with Crippen LogP contribution in [0, 0.1) is 0 Å². The van der Waals surface area contributed by atoms with Crippen LogP contribution in [0.4, 0.5) is 0 Å². The summed E-state index contributed by atoms with van der Waals surface area (Å²) in [5, 5.41) is 2.52. The molecule has 1 aromatic heterocycles. The van der Waals surface area contributed by atoms with Gasteiger partial charge in [0, 0.05) is 17.8 Å². The average Bonchev–Trinajstić information content (AvgIpc) is 3.08. The SMILES string of the molecule is CCCCCC(=O)N(Cc1nc(C(=O)OC)cs1)C1CCCCC1. The van der Waals surface area contributed by atoms with Gasteiger partial charge in [0.25, 0.3) is 0 Å². The summed E-state index contributed by atoms with van der Waals surface area (Å²) in [6.07, 6.45) is 9.56. The normalized spacial score (nSPS) is 15.2. The number of methoxy groups -OCH3 is 1. The molecule has 0 unspecified atom stereocenters. The van der Waals surface area contributed by atoms with Crippen LogP contribution < -0.4 is 0 Å². The summed E-state index contributed by atoms with van der Waals surface area (Å²) in [6, 6.07) is 0.318. The fourth-order valence-electron chi connectivity index (χ4n) is 3.21. The Morgan fingerprint density at radius 1 is 1.29 bits per heavy atom. The van der Waals surface area contributed by atoms with Crippen molar-refractivity contribution < 1.29 is 14.3 Å². The number of hydrogen-bond acceptors (Lipinski definition) is 5. The van der Waals surface area contributed by atoms with Gasteiger partial charge in [-0.05, 0) is 19.3 Å². The molecule has 0 atom stereocenters. The maximum Gasteiger partial charge on any atom is 0.357 e. The van der Waals surface area contributed by atoms with Crippen LogP contribution in [0.5, 0.6) is 0 Å². The van der Waals surface area contributed by atoms with Crippen molar-refractivity contribution in [3.63, 3.8) is 0 Å². The Balaban J connectivity index is 2.05. The average molecular weight is 353 g/mol. The largest absolute Gasteiger partial charge is 0.464 e. The quantitative estimate of drug-likeness (QED) is 0.520. The first-order chi connectivity index (χ1) is 11.7. The van der Waals surface area contributed by atoms with Crippen LogP contribution >= 0.6 is 11.3 Å². The minimum absolute atomic E-state index is 0.227. The lowest BCUT2D eigenvalue weighted by Gasteiger charge is -2.34. The molecule has 0 spiro atoms. The highest BCUT2D eigenvalue weighted by molar-refractivity contribution is 7.09. The van der Waals surface area contributed by atoms with E-state index in [1.807, 2.05) is 4.90 Å². The highest BCUT2D eigenvalue weighted by Crippen LogP contribution is 2.26. The molecule has 0 bridgehead atoms. The molecule has 1 aliphatic rings. The van der Waals surface area contributed by atoms with E-state index in [-0.39, 0.29) is 5.91 Å². The van der Waals surface area contributed by atoms with Crippen molar-refractivity contribution in [1.29, 1.82) is 0 Å². The van der Waals surface area contributed by atoms with E-state index in [2.05, 4.69) is 11.9 Å². The number of thiazole rings is 1. The smallest absolute Gasteiger partial charge is 0.357 e. The first kappa shape index (κ1) is 18.9. The molecule has 0 aromatic carbocycles. The van der Waals surface area contributed by atoms with E-state index in [0.717, 1.165) is 37.1 Å². The highest BCUT2D eigenvalue weighted by atomic mass is 32.1. The third-order valence-electron chi connectivity index (χ3n) is 4.58. The van der Waals surface area contributed by atoms with E-state index >= 15 is 0 Å². The summed E-state index contributed by atoms with van der Waals surface area (Å²) in [5.74, 6) is -0.193. The van der Waals surface area contributed by atoms with Gasteiger partial charge in [-0.3, -0.25) is 4.79 Å². The van der Waals surface area contributed by atoms with Gasteiger partial charge < -0.3 is 9.64 Å². The van der Waals surface area contributed by atoms with Gasteiger partial charge in [-0.1, -0.05) is 39.0 Å². The molecule has 0 N–H and O–H groups in total. The maximum absolute atomic E-state index is 12.7. The molecule has 1 fully saturated rings. The van der Waals surface area contributed by atoms with Gasteiger partial charge in [-0.25, -0.2) is 9.78 Å². The number of aromatic nitrogens is 1. The van der Waals surface area contributed by atoms with Gasteiger partial charge in [-0.2, -0.15) is 0 Å². The molecule has 1 heterocycles. The molecule has 1 aromatic rings. The number of ether oxygens (including phenoxy) is 1. The van der Waals surface area contributed by atoms with E-state index in [4.69, 9.17) is 4.74 Å². The first-order valence-corrected chi connectivity index (χ1v) is 9.85. The molecule has 0 saturated heterocycles. The van der Waals surface area contributed by atoms with Gasteiger partial charge >= 0.3 is 5.97 Å². The lowest BCUT2D eigenvalue weighted by Crippen LogP contribution is -2.40. The maximum atomic E-state index is 12.7. The van der Waals surface area contributed by atoms with E-state index < -0.39 is 5.97 Å². The molecule has 0 radical (unpaired) electrons. The van der Waals surface area contributed by atoms with E-state index in [9.17, 15) is 9.59 Å². The summed E-state index contributed by atoms with van der Waals surface area (Å²) in [6.45, 7) is 2.66. The van der Waals surface area contributed by atoms with Gasteiger partial charge in [0.05, 0.1) is 13.7 Å². The number of unbranched alkanes of at least 4 members (excludes halogenated alkanes) is 2. The van der Waals surface area contributed by atoms with Crippen LogP contribution in [-0.4, -0.2) is 34.9 Å². The second kappa shape index (κ2) is 9.77. The standard InChI is InChI=1S/C18H28N2O3S/c1-3-4-6-11-17(21)20(14-9-7-5-8-10-14)12-16-19-15(13-24-16)18(22)23-2/h13-14H,3-12H2,1-2H3. The number of nitrogens with zero attached hydrogens (tertiary/aromatic N) is 2. The van der Waals surface area contributed by atoms with Crippen molar-refractivity contribution in [2.45, 2.75) is 77.3 Å². The Morgan fingerprint density at radius 2 is 2.04 bits per heavy atom. The predicted octanol–water partition coefficient (Wildman–Crippen LogP) is 4.17. The molecule has 5 nitrogen and oxygen atoms in total. The van der Waals surface area contributed by atoms with Crippen molar-refractivity contribution in [2.75, 3.05) is 7.11 Å². The summed E-state index contributed by atoms with van der Waals surface area (Å²) < 4.78 is 4.71. The zero-order valence-corrected chi connectivity index (χ0v) is 15.6. The molecule has 2 rings (SSSR count).